The zero-order valence-corrected chi connectivity index (χ0v) is 27.7. The van der Waals surface area contributed by atoms with Crippen molar-refractivity contribution in [3.8, 4) is 12.1 Å². The highest BCUT2D eigenvalue weighted by Gasteiger charge is 2.34. The Morgan fingerprint density at radius 1 is 0.320 bits per heavy atom. The lowest BCUT2D eigenvalue weighted by Gasteiger charge is -2.36. The number of hydrogen-bond acceptors (Lipinski definition) is 5. The SMILES string of the molecule is N#Cc1c(N(c2ccccc2)c2ccccc2)c(Cl)c(N(c2ccccc2)c2ccccc2)c(C#N)c1N(c1ccccc1)c1ccccc1. The lowest BCUT2D eigenvalue weighted by Crippen LogP contribution is -2.21. The van der Waals surface area contributed by atoms with Crippen molar-refractivity contribution in [1.29, 1.82) is 10.5 Å². The summed E-state index contributed by atoms with van der Waals surface area (Å²) in [6.07, 6.45) is 0. The van der Waals surface area contributed by atoms with E-state index in [0.29, 0.717) is 17.1 Å². The van der Waals surface area contributed by atoms with E-state index in [1.807, 2.05) is 197 Å². The molecule has 0 bridgehead atoms. The molecule has 0 spiro atoms. The first kappa shape index (κ1) is 31.8. The van der Waals surface area contributed by atoms with Crippen LogP contribution in [-0.4, -0.2) is 0 Å². The van der Waals surface area contributed by atoms with E-state index in [2.05, 4.69) is 12.1 Å². The van der Waals surface area contributed by atoms with Crippen molar-refractivity contribution in [2.24, 2.45) is 0 Å². The number of nitriles is 2. The van der Waals surface area contributed by atoms with Crippen molar-refractivity contribution in [2.45, 2.75) is 0 Å². The zero-order valence-electron chi connectivity index (χ0n) is 26.9. The van der Waals surface area contributed by atoms with Crippen LogP contribution in [0.5, 0.6) is 0 Å². The van der Waals surface area contributed by atoms with Gasteiger partial charge in [-0.2, -0.15) is 10.5 Å². The fourth-order valence-electron chi connectivity index (χ4n) is 6.22. The molecule has 0 fully saturated rings. The maximum absolute atomic E-state index is 11.3. The molecule has 0 aromatic heterocycles. The number of halogens is 1. The molecule has 0 saturated carbocycles. The van der Waals surface area contributed by atoms with E-state index in [4.69, 9.17) is 11.6 Å². The molecule has 50 heavy (non-hydrogen) atoms. The minimum absolute atomic E-state index is 0.247. The summed E-state index contributed by atoms with van der Waals surface area (Å²) in [7, 11) is 0. The molecule has 0 aliphatic carbocycles. The second kappa shape index (κ2) is 14.5. The Bertz CT molecular complexity index is 2050. The van der Waals surface area contributed by atoms with E-state index < -0.39 is 0 Å². The lowest BCUT2D eigenvalue weighted by atomic mass is 9.97. The van der Waals surface area contributed by atoms with Crippen molar-refractivity contribution in [3.05, 3.63) is 198 Å². The van der Waals surface area contributed by atoms with Crippen LogP contribution in [0.1, 0.15) is 11.1 Å². The molecule has 5 nitrogen and oxygen atoms in total. The largest absolute Gasteiger partial charge is 0.308 e. The van der Waals surface area contributed by atoms with E-state index in [9.17, 15) is 10.5 Å². The molecule has 238 valence electrons. The van der Waals surface area contributed by atoms with Gasteiger partial charge >= 0.3 is 0 Å². The average molecular weight is 664 g/mol. The minimum atomic E-state index is 0.247. The molecule has 0 heterocycles. The second-order valence-corrected chi connectivity index (χ2v) is 11.7. The van der Waals surface area contributed by atoms with Crippen LogP contribution in [0.2, 0.25) is 5.02 Å². The standard InChI is InChI=1S/C44H30ClN5/c45-41-43(49(35-23-11-3-12-24-35)36-25-13-4-14-26-36)39(31-46)42(48(33-19-7-1-8-20-33)34-21-9-2-10-22-34)40(32-47)44(41)50(37-27-15-5-16-28-37)38-29-17-6-18-30-38/h1-30H. The van der Waals surface area contributed by atoms with E-state index >= 15 is 0 Å². The van der Waals surface area contributed by atoms with Crippen LogP contribution in [0.25, 0.3) is 0 Å². The average Bonchev–Trinajstić information content (AvgIpc) is 3.19. The Hall–Kier alpha value is -6.79. The summed E-state index contributed by atoms with van der Waals surface area (Å²) >= 11 is 7.73. The molecule has 7 aromatic rings. The van der Waals surface area contributed by atoms with Gasteiger partial charge in [-0.15, -0.1) is 0 Å². The first-order valence-electron chi connectivity index (χ1n) is 16.1. The third-order valence-corrected chi connectivity index (χ3v) is 8.70. The van der Waals surface area contributed by atoms with Gasteiger partial charge in [0, 0.05) is 34.1 Å². The van der Waals surface area contributed by atoms with E-state index in [0.717, 1.165) is 34.1 Å². The minimum Gasteiger partial charge on any atom is -0.308 e. The maximum Gasteiger partial charge on any atom is 0.104 e. The monoisotopic (exact) mass is 663 g/mol. The molecule has 0 radical (unpaired) electrons. The van der Waals surface area contributed by atoms with Crippen molar-refractivity contribution < 1.29 is 0 Å². The lowest BCUT2D eigenvalue weighted by molar-refractivity contribution is 1.20. The molecule has 0 saturated heterocycles. The highest BCUT2D eigenvalue weighted by Crippen LogP contribution is 2.55. The fourth-order valence-corrected chi connectivity index (χ4v) is 6.58. The quantitative estimate of drug-likeness (QED) is 0.154. The first-order valence-corrected chi connectivity index (χ1v) is 16.5. The highest BCUT2D eigenvalue weighted by atomic mass is 35.5. The van der Waals surface area contributed by atoms with Gasteiger partial charge in [0.2, 0.25) is 0 Å². The van der Waals surface area contributed by atoms with Crippen molar-refractivity contribution in [2.75, 3.05) is 14.7 Å². The Morgan fingerprint density at radius 3 is 0.720 bits per heavy atom. The molecule has 0 aliphatic heterocycles. The number of rotatable bonds is 9. The number of para-hydroxylation sites is 6. The van der Waals surface area contributed by atoms with Gasteiger partial charge in [-0.1, -0.05) is 121 Å². The summed E-state index contributed by atoms with van der Waals surface area (Å²) in [6, 6.07) is 64.0. The van der Waals surface area contributed by atoms with Gasteiger partial charge in [-0.3, -0.25) is 0 Å². The van der Waals surface area contributed by atoms with Gasteiger partial charge in [-0.05, 0) is 72.8 Å². The summed E-state index contributed by atoms with van der Waals surface area (Å²) in [4.78, 5) is 5.97. The van der Waals surface area contributed by atoms with Crippen LogP contribution in [0.4, 0.5) is 51.2 Å². The van der Waals surface area contributed by atoms with E-state index in [-0.39, 0.29) is 16.1 Å². The van der Waals surface area contributed by atoms with Gasteiger partial charge in [0.15, 0.2) is 0 Å². The second-order valence-electron chi connectivity index (χ2n) is 11.4. The predicted octanol–water partition coefficient (Wildman–Crippen LogP) is 12.5. The van der Waals surface area contributed by atoms with Crippen LogP contribution in [0.15, 0.2) is 182 Å². The van der Waals surface area contributed by atoms with Crippen LogP contribution in [0.3, 0.4) is 0 Å². The Morgan fingerprint density at radius 2 is 0.520 bits per heavy atom. The van der Waals surface area contributed by atoms with Gasteiger partial charge in [-0.25, -0.2) is 0 Å². The third-order valence-electron chi connectivity index (χ3n) is 8.34. The molecule has 6 heteroatoms. The molecule has 0 amide bonds. The smallest absolute Gasteiger partial charge is 0.104 e. The van der Waals surface area contributed by atoms with Gasteiger partial charge < -0.3 is 14.7 Å². The van der Waals surface area contributed by atoms with Gasteiger partial charge in [0.1, 0.15) is 23.3 Å². The molecular formula is C44H30ClN5. The van der Waals surface area contributed by atoms with Gasteiger partial charge in [0.25, 0.3) is 0 Å². The van der Waals surface area contributed by atoms with Crippen molar-refractivity contribution in [1.82, 2.24) is 0 Å². The molecule has 7 aromatic carbocycles. The van der Waals surface area contributed by atoms with Crippen LogP contribution < -0.4 is 14.7 Å². The summed E-state index contributed by atoms with van der Waals surface area (Å²) in [5.41, 5.74) is 6.57. The van der Waals surface area contributed by atoms with Gasteiger partial charge in [0.05, 0.1) is 22.1 Å². The molecule has 0 aliphatic rings. The Balaban J connectivity index is 1.70. The van der Waals surface area contributed by atoms with E-state index in [1.165, 1.54) is 0 Å². The zero-order chi connectivity index (χ0) is 34.3. The van der Waals surface area contributed by atoms with Crippen LogP contribution >= 0.6 is 11.6 Å². The third kappa shape index (κ3) is 6.02. The molecule has 0 unspecified atom stereocenters. The van der Waals surface area contributed by atoms with Crippen molar-refractivity contribution >= 4 is 62.8 Å². The summed E-state index contributed by atoms with van der Waals surface area (Å²) < 4.78 is 0. The Kier molecular flexibility index (Phi) is 9.25. The van der Waals surface area contributed by atoms with Crippen molar-refractivity contribution in [3.63, 3.8) is 0 Å². The number of hydrogen-bond donors (Lipinski definition) is 0. The predicted molar refractivity (Wildman–Crippen MR) is 205 cm³/mol. The summed E-state index contributed by atoms with van der Waals surface area (Å²) in [5, 5.41) is 22.9. The molecule has 7 rings (SSSR count). The summed E-state index contributed by atoms with van der Waals surface area (Å²) in [5.74, 6) is 0. The fraction of sp³-hybridized carbons (Fsp3) is 0. The maximum atomic E-state index is 11.3. The normalized spacial score (nSPS) is 10.5. The topological polar surface area (TPSA) is 57.3 Å². The first-order chi connectivity index (χ1) is 24.7. The Labute approximate surface area is 297 Å². The molecular weight excluding hydrogens is 634 g/mol. The van der Waals surface area contributed by atoms with Crippen LogP contribution in [0, 0.1) is 22.7 Å². The molecule has 0 atom stereocenters. The number of nitrogens with zero attached hydrogens (tertiary/aromatic N) is 5. The van der Waals surface area contributed by atoms with Crippen LogP contribution in [-0.2, 0) is 0 Å². The summed E-state index contributed by atoms with van der Waals surface area (Å²) in [6.45, 7) is 0. The molecule has 0 N–H and O–H groups in total. The number of anilines is 9. The number of benzene rings is 7. The highest BCUT2D eigenvalue weighted by molar-refractivity contribution is 6.38. The van der Waals surface area contributed by atoms with E-state index in [1.54, 1.807) is 0 Å².